The van der Waals surface area contributed by atoms with Crippen molar-refractivity contribution >= 4 is 17.8 Å². The number of guanidine groups is 1. The third-order valence-electron chi connectivity index (χ3n) is 4.22. The summed E-state index contributed by atoms with van der Waals surface area (Å²) in [5, 5.41) is 6.41. The molecule has 0 aliphatic carbocycles. The van der Waals surface area contributed by atoms with Gasteiger partial charge in [0.25, 0.3) is 0 Å². The van der Waals surface area contributed by atoms with E-state index in [0.29, 0.717) is 39.2 Å². The second-order valence-corrected chi connectivity index (χ2v) is 6.20. The lowest BCUT2D eigenvalue weighted by atomic mass is 10.3. The summed E-state index contributed by atoms with van der Waals surface area (Å²) in [5.41, 5.74) is 0. The maximum Gasteiger partial charge on any atom is 0.225 e. The van der Waals surface area contributed by atoms with Gasteiger partial charge >= 0.3 is 0 Å². The Morgan fingerprint density at radius 1 is 1.22 bits per heavy atom. The minimum Gasteiger partial charge on any atom is -0.385 e. The van der Waals surface area contributed by atoms with Crippen molar-refractivity contribution in [3.8, 4) is 0 Å². The van der Waals surface area contributed by atoms with Crippen molar-refractivity contribution < 1.29 is 9.53 Å². The highest BCUT2D eigenvalue weighted by Crippen LogP contribution is 2.10. The largest absolute Gasteiger partial charge is 0.385 e. The molecule has 1 aliphatic rings. The van der Waals surface area contributed by atoms with Crippen LogP contribution in [0, 0.1) is 0 Å². The molecule has 1 amide bonds. The Morgan fingerprint density at radius 2 is 1.96 bits per heavy atom. The first-order chi connectivity index (χ1) is 13.2. The molecule has 2 N–H and O–H groups in total. The highest BCUT2D eigenvalue weighted by atomic mass is 16.5. The number of ether oxygens (including phenoxy) is 1. The quantitative estimate of drug-likeness (QED) is 0.358. The lowest BCUT2D eigenvalue weighted by molar-refractivity contribution is -0.131. The predicted molar refractivity (Wildman–Crippen MR) is 106 cm³/mol. The molecular weight excluding hydrogens is 346 g/mol. The fourth-order valence-corrected chi connectivity index (χ4v) is 2.80. The van der Waals surface area contributed by atoms with Crippen LogP contribution in [0.2, 0.25) is 0 Å². The molecule has 0 spiro atoms. The van der Waals surface area contributed by atoms with Gasteiger partial charge in [-0.2, -0.15) is 0 Å². The maximum atomic E-state index is 12.4. The number of carbonyl (C=O) groups is 1. The number of piperazine rings is 1. The van der Waals surface area contributed by atoms with Gasteiger partial charge in [-0.15, -0.1) is 0 Å². The molecule has 2 rings (SSSR count). The van der Waals surface area contributed by atoms with Crippen molar-refractivity contribution in [2.24, 2.45) is 4.99 Å². The minimum atomic E-state index is 0.159. The molecule has 150 valence electrons. The van der Waals surface area contributed by atoms with E-state index in [1.54, 1.807) is 25.6 Å². The summed E-state index contributed by atoms with van der Waals surface area (Å²) in [6, 6.07) is 1.80. The minimum absolute atomic E-state index is 0.159. The van der Waals surface area contributed by atoms with Gasteiger partial charge in [-0.25, -0.2) is 9.97 Å². The van der Waals surface area contributed by atoms with Gasteiger partial charge in [-0.3, -0.25) is 9.79 Å². The van der Waals surface area contributed by atoms with E-state index in [1.807, 2.05) is 11.8 Å². The predicted octanol–water partition coefficient (Wildman–Crippen LogP) is 0.107. The van der Waals surface area contributed by atoms with Gasteiger partial charge in [-0.05, 0) is 19.4 Å². The fraction of sp³-hybridized carbons (Fsp3) is 0.667. The second-order valence-electron chi connectivity index (χ2n) is 6.20. The monoisotopic (exact) mass is 377 g/mol. The summed E-state index contributed by atoms with van der Waals surface area (Å²) >= 11 is 0. The maximum absolute atomic E-state index is 12.4. The number of aliphatic imine (C=N–C) groups is 1. The Kier molecular flexibility index (Phi) is 9.33. The number of methoxy groups -OCH3 is 1. The smallest absolute Gasteiger partial charge is 0.225 e. The molecule has 1 aromatic rings. The first-order valence-electron chi connectivity index (χ1n) is 9.55. The van der Waals surface area contributed by atoms with Gasteiger partial charge < -0.3 is 25.2 Å². The summed E-state index contributed by atoms with van der Waals surface area (Å²) in [5.74, 6) is 1.63. The Hall–Kier alpha value is -2.42. The molecule has 0 aromatic carbocycles. The van der Waals surface area contributed by atoms with Crippen molar-refractivity contribution in [3.05, 3.63) is 18.5 Å². The molecule has 0 radical (unpaired) electrons. The fourth-order valence-electron chi connectivity index (χ4n) is 2.80. The SMILES string of the molecule is CCNC(=NCCCOC)NCCC(=O)N1CCN(c2ncccn2)CC1. The molecule has 1 aliphatic heterocycles. The number of hydrogen-bond donors (Lipinski definition) is 2. The van der Waals surface area contributed by atoms with Gasteiger partial charge in [-0.1, -0.05) is 0 Å². The molecule has 1 saturated heterocycles. The number of nitrogens with zero attached hydrogens (tertiary/aromatic N) is 5. The number of carbonyl (C=O) groups excluding carboxylic acids is 1. The lowest BCUT2D eigenvalue weighted by Crippen LogP contribution is -2.50. The third kappa shape index (κ3) is 7.38. The summed E-state index contributed by atoms with van der Waals surface area (Å²) in [7, 11) is 1.69. The van der Waals surface area contributed by atoms with Gasteiger partial charge in [0, 0.05) is 78.3 Å². The van der Waals surface area contributed by atoms with Gasteiger partial charge in [0.15, 0.2) is 5.96 Å². The van der Waals surface area contributed by atoms with Crippen LogP contribution in [0.1, 0.15) is 19.8 Å². The molecule has 1 fully saturated rings. The first-order valence-corrected chi connectivity index (χ1v) is 9.55. The molecule has 0 bridgehead atoms. The van der Waals surface area contributed by atoms with Crippen LogP contribution in [0.3, 0.4) is 0 Å². The Bertz CT molecular complexity index is 574. The van der Waals surface area contributed by atoms with Crippen molar-refractivity contribution in [1.82, 2.24) is 25.5 Å². The van der Waals surface area contributed by atoms with Crippen molar-refractivity contribution in [3.63, 3.8) is 0 Å². The Morgan fingerprint density at radius 3 is 2.63 bits per heavy atom. The van der Waals surface area contributed by atoms with Crippen LogP contribution < -0.4 is 15.5 Å². The summed E-state index contributed by atoms with van der Waals surface area (Å²) in [4.78, 5) is 29.5. The number of anilines is 1. The van der Waals surface area contributed by atoms with Gasteiger partial charge in [0.1, 0.15) is 0 Å². The van der Waals surface area contributed by atoms with E-state index in [2.05, 4.69) is 30.5 Å². The van der Waals surface area contributed by atoms with E-state index < -0.39 is 0 Å². The molecule has 1 aromatic heterocycles. The second kappa shape index (κ2) is 12.1. The zero-order chi connectivity index (χ0) is 19.3. The van der Waals surface area contributed by atoms with Crippen LogP contribution in [0.25, 0.3) is 0 Å². The number of amides is 1. The van der Waals surface area contributed by atoms with E-state index in [0.717, 1.165) is 38.0 Å². The Balaban J connectivity index is 1.69. The molecule has 9 nitrogen and oxygen atoms in total. The molecular formula is C18H31N7O2. The van der Waals surface area contributed by atoms with Crippen LogP contribution in [0.5, 0.6) is 0 Å². The highest BCUT2D eigenvalue weighted by Gasteiger charge is 2.22. The topological polar surface area (TPSA) is 95.0 Å². The Labute approximate surface area is 161 Å². The van der Waals surface area contributed by atoms with Crippen molar-refractivity contribution in [1.29, 1.82) is 0 Å². The third-order valence-corrected chi connectivity index (χ3v) is 4.22. The lowest BCUT2D eigenvalue weighted by Gasteiger charge is -2.34. The molecule has 0 atom stereocenters. The number of hydrogen-bond acceptors (Lipinski definition) is 6. The highest BCUT2D eigenvalue weighted by molar-refractivity contribution is 5.81. The number of rotatable bonds is 9. The average Bonchev–Trinajstić information content (AvgIpc) is 2.72. The normalized spacial score (nSPS) is 15.0. The van der Waals surface area contributed by atoms with Crippen LogP contribution in [-0.4, -0.2) is 86.3 Å². The molecule has 9 heteroatoms. The zero-order valence-electron chi connectivity index (χ0n) is 16.4. The van der Waals surface area contributed by atoms with Crippen LogP contribution in [-0.2, 0) is 9.53 Å². The molecule has 27 heavy (non-hydrogen) atoms. The zero-order valence-corrected chi connectivity index (χ0v) is 16.4. The van der Waals surface area contributed by atoms with E-state index in [9.17, 15) is 4.79 Å². The van der Waals surface area contributed by atoms with Gasteiger partial charge in [0.2, 0.25) is 11.9 Å². The first kappa shape index (κ1) is 20.9. The van der Waals surface area contributed by atoms with Crippen LogP contribution in [0.4, 0.5) is 5.95 Å². The van der Waals surface area contributed by atoms with Crippen molar-refractivity contribution in [2.75, 3.05) is 64.4 Å². The van der Waals surface area contributed by atoms with Crippen LogP contribution >= 0.6 is 0 Å². The average molecular weight is 377 g/mol. The van der Waals surface area contributed by atoms with Gasteiger partial charge in [0.05, 0.1) is 0 Å². The molecule has 0 unspecified atom stereocenters. The number of nitrogens with one attached hydrogen (secondary N) is 2. The van der Waals surface area contributed by atoms with Crippen molar-refractivity contribution in [2.45, 2.75) is 19.8 Å². The number of aromatic nitrogens is 2. The molecule has 2 heterocycles. The van der Waals surface area contributed by atoms with E-state index in [-0.39, 0.29) is 5.91 Å². The van der Waals surface area contributed by atoms with Crippen LogP contribution in [0.15, 0.2) is 23.5 Å². The molecule has 0 saturated carbocycles. The summed E-state index contributed by atoms with van der Waals surface area (Å²) < 4.78 is 5.03. The van der Waals surface area contributed by atoms with E-state index in [1.165, 1.54) is 0 Å². The summed E-state index contributed by atoms with van der Waals surface area (Å²) in [6.45, 7) is 7.67. The van der Waals surface area contributed by atoms with E-state index in [4.69, 9.17) is 4.74 Å². The van der Waals surface area contributed by atoms with E-state index >= 15 is 0 Å². The standard InChI is InChI=1S/C18H31N7O2/c1-3-19-17(20-9-5-15-27-2)21-10-6-16(26)24-11-13-25(14-12-24)18-22-7-4-8-23-18/h4,7-8H,3,5-6,9-15H2,1-2H3,(H2,19,20,21). The summed E-state index contributed by atoms with van der Waals surface area (Å²) in [6.07, 6.45) is 4.81.